The van der Waals surface area contributed by atoms with Gasteiger partial charge >= 0.3 is 0 Å². The fraction of sp³-hybridized carbons (Fsp3) is 0.467. The van der Waals surface area contributed by atoms with Gasteiger partial charge in [-0.15, -0.1) is 11.3 Å². The second-order valence-electron chi connectivity index (χ2n) is 5.06. The summed E-state index contributed by atoms with van der Waals surface area (Å²) in [6.45, 7) is 2.29. The first-order valence-electron chi connectivity index (χ1n) is 6.57. The molecule has 0 radical (unpaired) electrons. The monoisotopic (exact) mass is 245 g/mol. The van der Waals surface area contributed by atoms with Crippen LogP contribution in [0.25, 0.3) is 10.1 Å². The highest BCUT2D eigenvalue weighted by Gasteiger charge is 2.18. The van der Waals surface area contributed by atoms with Crippen LogP contribution in [0, 0.1) is 0 Å². The Kier molecular flexibility index (Phi) is 3.17. The number of hydrogen-bond acceptors (Lipinski definition) is 2. The van der Waals surface area contributed by atoms with E-state index in [1.165, 1.54) is 40.6 Å². The summed E-state index contributed by atoms with van der Waals surface area (Å²) in [6.07, 6.45) is 5.51. The number of fused-ring (bicyclic) bond motifs is 1. The molecule has 1 heterocycles. The smallest absolute Gasteiger partial charge is 0.0388 e. The maximum absolute atomic E-state index is 3.77. The maximum Gasteiger partial charge on any atom is 0.0388 e. The fourth-order valence-electron chi connectivity index (χ4n) is 2.74. The Hall–Kier alpha value is -0.860. The van der Waals surface area contributed by atoms with Gasteiger partial charge in [0.2, 0.25) is 0 Å². The lowest BCUT2D eigenvalue weighted by Gasteiger charge is -2.17. The van der Waals surface area contributed by atoms with Crippen LogP contribution >= 0.6 is 11.3 Å². The van der Waals surface area contributed by atoms with Crippen LogP contribution in [-0.4, -0.2) is 6.04 Å². The lowest BCUT2D eigenvalue weighted by Crippen LogP contribution is -2.28. The summed E-state index contributed by atoms with van der Waals surface area (Å²) in [5, 5.41) is 5.15. The number of thiophene rings is 1. The molecule has 0 saturated heterocycles. The lowest BCUT2D eigenvalue weighted by molar-refractivity contribution is 0.466. The van der Waals surface area contributed by atoms with Crippen molar-refractivity contribution in [2.24, 2.45) is 0 Å². The minimum atomic E-state index is 0.496. The molecule has 1 aromatic heterocycles. The summed E-state index contributed by atoms with van der Waals surface area (Å²) in [7, 11) is 0. The van der Waals surface area contributed by atoms with Gasteiger partial charge in [-0.1, -0.05) is 31.0 Å². The summed E-state index contributed by atoms with van der Waals surface area (Å²) in [5.74, 6) is 0. The predicted molar refractivity (Wildman–Crippen MR) is 75.6 cm³/mol. The average molecular weight is 245 g/mol. The van der Waals surface area contributed by atoms with E-state index in [-0.39, 0.29) is 0 Å². The molecule has 1 fully saturated rings. The third-order valence-electron chi connectivity index (χ3n) is 3.71. The normalized spacial score (nSPS) is 18.9. The molecule has 0 amide bonds. The van der Waals surface area contributed by atoms with Crippen molar-refractivity contribution >= 4 is 21.4 Å². The zero-order valence-electron chi connectivity index (χ0n) is 10.3. The predicted octanol–water partition coefficient (Wildman–Crippen LogP) is 4.49. The van der Waals surface area contributed by atoms with Crippen molar-refractivity contribution < 1.29 is 0 Å². The molecule has 1 aromatic carbocycles. The molecule has 1 unspecified atom stereocenters. The minimum Gasteiger partial charge on any atom is -0.307 e. The highest BCUT2D eigenvalue weighted by molar-refractivity contribution is 7.19. The molecule has 1 aliphatic rings. The largest absolute Gasteiger partial charge is 0.307 e. The van der Waals surface area contributed by atoms with Gasteiger partial charge in [-0.2, -0.15) is 0 Å². The van der Waals surface area contributed by atoms with E-state index in [9.17, 15) is 0 Å². The van der Waals surface area contributed by atoms with Crippen LogP contribution < -0.4 is 5.32 Å². The zero-order chi connectivity index (χ0) is 11.7. The highest BCUT2D eigenvalue weighted by Crippen LogP contribution is 2.31. The molecule has 2 heteroatoms. The number of nitrogens with one attached hydrogen (secondary N) is 1. The Morgan fingerprint density at radius 3 is 2.76 bits per heavy atom. The topological polar surface area (TPSA) is 12.0 Å². The highest BCUT2D eigenvalue weighted by atomic mass is 32.1. The molecule has 0 aliphatic heterocycles. The average Bonchev–Trinajstić information content (AvgIpc) is 2.96. The Bertz CT molecular complexity index is 463. The van der Waals surface area contributed by atoms with Gasteiger partial charge in [-0.05, 0) is 37.3 Å². The van der Waals surface area contributed by atoms with E-state index in [2.05, 4.69) is 42.6 Å². The summed E-state index contributed by atoms with van der Waals surface area (Å²) in [6, 6.07) is 12.2. The van der Waals surface area contributed by atoms with Gasteiger partial charge in [-0.25, -0.2) is 0 Å². The van der Waals surface area contributed by atoms with E-state index >= 15 is 0 Å². The molecule has 2 aromatic rings. The van der Waals surface area contributed by atoms with Crippen LogP contribution in [0.15, 0.2) is 30.3 Å². The van der Waals surface area contributed by atoms with Gasteiger partial charge in [0, 0.05) is 21.7 Å². The SMILES string of the molecule is CC(NC1CCCC1)c1cc2ccccc2s1. The van der Waals surface area contributed by atoms with Crippen LogP contribution in [-0.2, 0) is 0 Å². The number of rotatable bonds is 3. The van der Waals surface area contributed by atoms with Gasteiger partial charge in [0.1, 0.15) is 0 Å². The first-order chi connectivity index (χ1) is 8.33. The van der Waals surface area contributed by atoms with Crippen molar-refractivity contribution in [2.45, 2.75) is 44.7 Å². The molecule has 3 rings (SSSR count). The van der Waals surface area contributed by atoms with Crippen LogP contribution in [0.5, 0.6) is 0 Å². The molecular weight excluding hydrogens is 226 g/mol. The fourth-order valence-corrected chi connectivity index (χ4v) is 3.82. The molecule has 1 saturated carbocycles. The molecular formula is C15H19NS. The molecule has 1 nitrogen and oxygen atoms in total. The summed E-state index contributed by atoms with van der Waals surface area (Å²) >= 11 is 1.93. The Morgan fingerprint density at radius 1 is 1.24 bits per heavy atom. The van der Waals surface area contributed by atoms with Crippen molar-refractivity contribution in [1.29, 1.82) is 0 Å². The molecule has 1 N–H and O–H groups in total. The van der Waals surface area contributed by atoms with Crippen molar-refractivity contribution in [3.05, 3.63) is 35.2 Å². The molecule has 90 valence electrons. The van der Waals surface area contributed by atoms with E-state index in [4.69, 9.17) is 0 Å². The first-order valence-corrected chi connectivity index (χ1v) is 7.39. The quantitative estimate of drug-likeness (QED) is 0.840. The van der Waals surface area contributed by atoms with Crippen LogP contribution in [0.3, 0.4) is 0 Å². The molecule has 0 spiro atoms. The third-order valence-corrected chi connectivity index (χ3v) is 5.01. The summed E-state index contributed by atoms with van der Waals surface area (Å²) in [5.41, 5.74) is 0. The van der Waals surface area contributed by atoms with Crippen molar-refractivity contribution in [3.63, 3.8) is 0 Å². The standard InChI is InChI=1S/C15H19NS/c1-11(16-13-7-3-4-8-13)15-10-12-6-2-5-9-14(12)17-15/h2,5-6,9-11,13,16H,3-4,7-8H2,1H3. The maximum atomic E-state index is 3.77. The van der Waals surface area contributed by atoms with Crippen molar-refractivity contribution in [2.75, 3.05) is 0 Å². The van der Waals surface area contributed by atoms with E-state index in [0.717, 1.165) is 6.04 Å². The van der Waals surface area contributed by atoms with Gasteiger partial charge in [0.15, 0.2) is 0 Å². The van der Waals surface area contributed by atoms with Crippen LogP contribution in [0.4, 0.5) is 0 Å². The Labute approximate surface area is 107 Å². The Morgan fingerprint density at radius 2 is 2.00 bits per heavy atom. The zero-order valence-corrected chi connectivity index (χ0v) is 11.1. The second kappa shape index (κ2) is 4.79. The van der Waals surface area contributed by atoms with Gasteiger partial charge in [0.25, 0.3) is 0 Å². The van der Waals surface area contributed by atoms with E-state index in [0.29, 0.717) is 6.04 Å². The van der Waals surface area contributed by atoms with E-state index in [1.807, 2.05) is 11.3 Å². The van der Waals surface area contributed by atoms with Crippen molar-refractivity contribution in [1.82, 2.24) is 5.32 Å². The molecule has 17 heavy (non-hydrogen) atoms. The van der Waals surface area contributed by atoms with E-state index < -0.39 is 0 Å². The third kappa shape index (κ3) is 2.38. The second-order valence-corrected chi connectivity index (χ2v) is 6.17. The van der Waals surface area contributed by atoms with Gasteiger partial charge < -0.3 is 5.32 Å². The van der Waals surface area contributed by atoms with Crippen molar-refractivity contribution in [3.8, 4) is 0 Å². The van der Waals surface area contributed by atoms with Gasteiger partial charge in [0.05, 0.1) is 0 Å². The van der Waals surface area contributed by atoms with Crippen LogP contribution in [0.1, 0.15) is 43.5 Å². The number of hydrogen-bond donors (Lipinski definition) is 1. The molecule has 1 atom stereocenters. The number of benzene rings is 1. The van der Waals surface area contributed by atoms with Gasteiger partial charge in [-0.3, -0.25) is 0 Å². The van der Waals surface area contributed by atoms with E-state index in [1.54, 1.807) is 0 Å². The molecule has 0 bridgehead atoms. The van der Waals surface area contributed by atoms with Crippen LogP contribution in [0.2, 0.25) is 0 Å². The Balaban J connectivity index is 1.77. The first kappa shape index (κ1) is 11.2. The lowest BCUT2D eigenvalue weighted by atomic mass is 10.2. The minimum absolute atomic E-state index is 0.496. The molecule has 1 aliphatic carbocycles. The summed E-state index contributed by atoms with van der Waals surface area (Å²) in [4.78, 5) is 1.47. The summed E-state index contributed by atoms with van der Waals surface area (Å²) < 4.78 is 1.41.